The van der Waals surface area contributed by atoms with Crippen LogP contribution in [0.3, 0.4) is 0 Å². The summed E-state index contributed by atoms with van der Waals surface area (Å²) in [6, 6.07) is 8.54. The Labute approximate surface area is 120 Å². The number of aliphatic imine (C=N–C) groups is 1. The number of halogens is 1. The molecule has 94 valence electrons. The maximum absolute atomic E-state index is 4.40. The standard InChI is InChI=1S/C13H19N3.HI/c1-11-5-3-4-6-12(11)7-8-14-13-15-9-10-16(13)2;/h3-6H,7-10H2,1-2H3,(H,14,15);1H. The van der Waals surface area contributed by atoms with Crippen molar-refractivity contribution in [1.82, 2.24) is 10.2 Å². The van der Waals surface area contributed by atoms with E-state index in [0.29, 0.717) is 0 Å². The molecule has 0 saturated heterocycles. The lowest BCUT2D eigenvalue weighted by Crippen LogP contribution is -2.36. The molecule has 2 rings (SSSR count). The SMILES string of the molecule is Cc1ccccc1CCNC1=NCCN1C.I. The van der Waals surface area contributed by atoms with Gasteiger partial charge < -0.3 is 10.2 Å². The van der Waals surface area contributed by atoms with E-state index in [0.717, 1.165) is 32.0 Å². The van der Waals surface area contributed by atoms with Crippen molar-refractivity contribution in [3.63, 3.8) is 0 Å². The summed E-state index contributed by atoms with van der Waals surface area (Å²) in [5.41, 5.74) is 2.78. The van der Waals surface area contributed by atoms with E-state index in [4.69, 9.17) is 0 Å². The monoisotopic (exact) mass is 345 g/mol. The fourth-order valence-electron chi connectivity index (χ4n) is 1.92. The third-order valence-electron chi connectivity index (χ3n) is 3.00. The normalized spacial score (nSPS) is 14.2. The Kier molecular flexibility index (Phi) is 5.74. The van der Waals surface area contributed by atoms with E-state index in [1.54, 1.807) is 0 Å². The molecule has 1 N–H and O–H groups in total. The third-order valence-corrected chi connectivity index (χ3v) is 3.00. The average Bonchev–Trinajstić information content (AvgIpc) is 2.67. The van der Waals surface area contributed by atoms with Crippen molar-refractivity contribution in [2.75, 3.05) is 26.7 Å². The number of nitrogens with one attached hydrogen (secondary N) is 1. The van der Waals surface area contributed by atoms with Crippen molar-refractivity contribution in [2.24, 2.45) is 4.99 Å². The molecule has 17 heavy (non-hydrogen) atoms. The molecule has 1 heterocycles. The number of guanidine groups is 1. The zero-order valence-electron chi connectivity index (χ0n) is 10.4. The molecule has 0 fully saturated rings. The summed E-state index contributed by atoms with van der Waals surface area (Å²) in [6.45, 7) is 5.07. The molecule has 0 bridgehead atoms. The maximum Gasteiger partial charge on any atom is 0.193 e. The van der Waals surface area contributed by atoms with Crippen LogP contribution in [0.5, 0.6) is 0 Å². The molecule has 0 radical (unpaired) electrons. The topological polar surface area (TPSA) is 27.6 Å². The minimum absolute atomic E-state index is 0. The van der Waals surface area contributed by atoms with Crippen LogP contribution in [-0.4, -0.2) is 37.5 Å². The molecule has 0 saturated carbocycles. The van der Waals surface area contributed by atoms with E-state index in [9.17, 15) is 0 Å². The van der Waals surface area contributed by atoms with Crippen LogP contribution in [0.25, 0.3) is 0 Å². The molecular weight excluding hydrogens is 325 g/mol. The average molecular weight is 345 g/mol. The number of hydrogen-bond acceptors (Lipinski definition) is 3. The second-order valence-electron chi connectivity index (χ2n) is 4.23. The quantitative estimate of drug-likeness (QED) is 0.850. The van der Waals surface area contributed by atoms with Crippen molar-refractivity contribution in [3.8, 4) is 0 Å². The van der Waals surface area contributed by atoms with Gasteiger partial charge >= 0.3 is 0 Å². The van der Waals surface area contributed by atoms with Gasteiger partial charge in [0.05, 0.1) is 6.54 Å². The molecule has 3 nitrogen and oxygen atoms in total. The number of hydrogen-bond donors (Lipinski definition) is 1. The number of aryl methyl sites for hydroxylation is 1. The van der Waals surface area contributed by atoms with Gasteiger partial charge in [0, 0.05) is 20.1 Å². The van der Waals surface area contributed by atoms with Crippen molar-refractivity contribution >= 4 is 29.9 Å². The first-order valence-corrected chi connectivity index (χ1v) is 5.81. The fourth-order valence-corrected chi connectivity index (χ4v) is 1.92. The van der Waals surface area contributed by atoms with Gasteiger partial charge in [0.25, 0.3) is 0 Å². The van der Waals surface area contributed by atoms with E-state index in [1.807, 2.05) is 0 Å². The van der Waals surface area contributed by atoms with E-state index < -0.39 is 0 Å². The highest BCUT2D eigenvalue weighted by Crippen LogP contribution is 2.07. The minimum atomic E-state index is 0. The van der Waals surface area contributed by atoms with Gasteiger partial charge in [-0.05, 0) is 24.5 Å². The van der Waals surface area contributed by atoms with Gasteiger partial charge in [-0.15, -0.1) is 24.0 Å². The molecule has 0 atom stereocenters. The lowest BCUT2D eigenvalue weighted by Gasteiger charge is -2.15. The van der Waals surface area contributed by atoms with Crippen LogP contribution in [0.4, 0.5) is 0 Å². The van der Waals surface area contributed by atoms with Gasteiger partial charge in [-0.25, -0.2) is 0 Å². The third kappa shape index (κ3) is 3.87. The van der Waals surface area contributed by atoms with Crippen LogP contribution in [0, 0.1) is 6.92 Å². The van der Waals surface area contributed by atoms with Gasteiger partial charge in [0.15, 0.2) is 5.96 Å². The van der Waals surface area contributed by atoms with E-state index in [2.05, 4.69) is 53.4 Å². The highest BCUT2D eigenvalue weighted by Gasteiger charge is 2.10. The van der Waals surface area contributed by atoms with E-state index in [-0.39, 0.29) is 24.0 Å². The number of benzene rings is 1. The lowest BCUT2D eigenvalue weighted by atomic mass is 10.1. The van der Waals surface area contributed by atoms with Crippen molar-refractivity contribution in [1.29, 1.82) is 0 Å². The second kappa shape index (κ2) is 6.83. The molecule has 1 aliphatic rings. The summed E-state index contributed by atoms with van der Waals surface area (Å²) < 4.78 is 0. The Balaban J connectivity index is 0.00000144. The maximum atomic E-state index is 4.40. The zero-order valence-corrected chi connectivity index (χ0v) is 12.8. The van der Waals surface area contributed by atoms with Gasteiger partial charge in [-0.3, -0.25) is 4.99 Å². The molecular formula is C13H20IN3. The molecule has 1 aromatic rings. The number of likely N-dealkylation sites (N-methyl/N-ethyl adjacent to an activating group) is 1. The Morgan fingerprint density at radius 3 is 2.76 bits per heavy atom. The predicted octanol–water partition coefficient (Wildman–Crippen LogP) is 2.05. The molecule has 0 spiro atoms. The van der Waals surface area contributed by atoms with Crippen LogP contribution in [0.1, 0.15) is 11.1 Å². The second-order valence-corrected chi connectivity index (χ2v) is 4.23. The zero-order chi connectivity index (χ0) is 11.4. The smallest absolute Gasteiger partial charge is 0.193 e. The van der Waals surface area contributed by atoms with Crippen LogP contribution >= 0.6 is 24.0 Å². The van der Waals surface area contributed by atoms with Gasteiger partial charge in [-0.2, -0.15) is 0 Å². The summed E-state index contributed by atoms with van der Waals surface area (Å²) in [5, 5.41) is 3.38. The first-order valence-electron chi connectivity index (χ1n) is 5.81. The first kappa shape index (κ1) is 14.3. The molecule has 0 aromatic heterocycles. The van der Waals surface area contributed by atoms with Crippen LogP contribution in [0.15, 0.2) is 29.3 Å². The van der Waals surface area contributed by atoms with Gasteiger partial charge in [0.1, 0.15) is 0 Å². The number of rotatable bonds is 3. The Bertz CT molecular complexity index is 390. The van der Waals surface area contributed by atoms with E-state index in [1.165, 1.54) is 11.1 Å². The van der Waals surface area contributed by atoms with Crippen LogP contribution in [0.2, 0.25) is 0 Å². The summed E-state index contributed by atoms with van der Waals surface area (Å²) in [7, 11) is 2.08. The highest BCUT2D eigenvalue weighted by atomic mass is 127. The Hall–Kier alpha value is -0.780. The lowest BCUT2D eigenvalue weighted by molar-refractivity contribution is 0.534. The van der Waals surface area contributed by atoms with Crippen molar-refractivity contribution < 1.29 is 0 Å². The molecule has 1 aromatic carbocycles. The Morgan fingerprint density at radius 1 is 1.35 bits per heavy atom. The predicted molar refractivity (Wildman–Crippen MR) is 83.2 cm³/mol. The van der Waals surface area contributed by atoms with Crippen LogP contribution in [-0.2, 0) is 6.42 Å². The highest BCUT2D eigenvalue weighted by molar-refractivity contribution is 14.0. The number of nitrogens with zero attached hydrogens (tertiary/aromatic N) is 2. The van der Waals surface area contributed by atoms with Crippen molar-refractivity contribution in [2.45, 2.75) is 13.3 Å². The molecule has 4 heteroatoms. The molecule has 0 unspecified atom stereocenters. The summed E-state index contributed by atoms with van der Waals surface area (Å²) in [6.07, 6.45) is 1.06. The summed E-state index contributed by atoms with van der Waals surface area (Å²) in [5.74, 6) is 1.04. The summed E-state index contributed by atoms with van der Waals surface area (Å²) >= 11 is 0. The summed E-state index contributed by atoms with van der Waals surface area (Å²) in [4.78, 5) is 6.57. The van der Waals surface area contributed by atoms with Crippen LogP contribution < -0.4 is 5.32 Å². The van der Waals surface area contributed by atoms with Crippen molar-refractivity contribution in [3.05, 3.63) is 35.4 Å². The molecule has 0 aliphatic carbocycles. The molecule has 0 amide bonds. The molecule has 1 aliphatic heterocycles. The minimum Gasteiger partial charge on any atom is -0.356 e. The first-order chi connectivity index (χ1) is 7.77. The van der Waals surface area contributed by atoms with E-state index >= 15 is 0 Å². The van der Waals surface area contributed by atoms with Gasteiger partial charge in [-0.1, -0.05) is 24.3 Å². The largest absolute Gasteiger partial charge is 0.356 e. The fraction of sp³-hybridized carbons (Fsp3) is 0.462. The Morgan fingerprint density at radius 2 is 2.12 bits per heavy atom. The van der Waals surface area contributed by atoms with Gasteiger partial charge in [0.2, 0.25) is 0 Å².